The minimum Gasteiger partial charge on any atom is -0.0622 e. The Hall–Kier alpha value is -2.90. The molecule has 0 radical (unpaired) electrons. The number of hydrogen-bond donors (Lipinski definition) is 0. The predicted molar refractivity (Wildman–Crippen MR) is 125 cm³/mol. The van der Waals surface area contributed by atoms with Crippen molar-refractivity contribution >= 4 is 37.5 Å². The number of rotatable bonds is 2. The maximum atomic E-state index is 3.72. The summed E-state index contributed by atoms with van der Waals surface area (Å²) >= 11 is 3.72. The average molecular weight is 423 g/mol. The van der Waals surface area contributed by atoms with E-state index in [1.165, 1.54) is 49.4 Å². The van der Waals surface area contributed by atoms with Crippen LogP contribution in [-0.2, 0) is 0 Å². The van der Waals surface area contributed by atoms with Crippen molar-refractivity contribution in [3.05, 3.63) is 107 Å². The number of hydrogen-bond acceptors (Lipinski definition) is 0. The van der Waals surface area contributed by atoms with E-state index in [1.807, 2.05) is 0 Å². The summed E-state index contributed by atoms with van der Waals surface area (Å²) < 4.78 is 1.14. The van der Waals surface area contributed by atoms with Crippen molar-refractivity contribution in [3.8, 4) is 22.3 Å². The van der Waals surface area contributed by atoms with Gasteiger partial charge in [-0.25, -0.2) is 0 Å². The molecule has 28 heavy (non-hydrogen) atoms. The largest absolute Gasteiger partial charge is 0.0622 e. The van der Waals surface area contributed by atoms with E-state index in [1.54, 1.807) is 0 Å². The van der Waals surface area contributed by atoms with Crippen LogP contribution in [0.5, 0.6) is 0 Å². The molecule has 0 aliphatic carbocycles. The molecule has 0 nitrogen and oxygen atoms in total. The van der Waals surface area contributed by atoms with E-state index in [4.69, 9.17) is 0 Å². The van der Waals surface area contributed by atoms with Crippen LogP contribution in [-0.4, -0.2) is 0 Å². The fraction of sp³-hybridized carbons (Fsp3) is 0.0370. The first-order valence-electron chi connectivity index (χ1n) is 9.49. The Bertz CT molecular complexity index is 1260. The number of fused-ring (bicyclic) bond motifs is 2. The van der Waals surface area contributed by atoms with E-state index in [0.717, 1.165) is 4.47 Å². The summed E-state index contributed by atoms with van der Waals surface area (Å²) in [6, 6.07) is 34.9. The first kappa shape index (κ1) is 17.2. The molecule has 5 aromatic rings. The highest BCUT2D eigenvalue weighted by Gasteiger charge is 2.16. The van der Waals surface area contributed by atoms with Gasteiger partial charge < -0.3 is 0 Å². The Morgan fingerprint density at radius 1 is 0.500 bits per heavy atom. The zero-order valence-electron chi connectivity index (χ0n) is 15.6. The highest BCUT2D eigenvalue weighted by Crippen LogP contribution is 2.43. The molecule has 5 rings (SSSR count). The molecule has 0 heterocycles. The molecule has 0 spiro atoms. The molecule has 0 saturated heterocycles. The van der Waals surface area contributed by atoms with Crippen LogP contribution >= 0.6 is 15.9 Å². The standard InChI is InChI=1S/C27H19Br/c1-18-15-16-20(17-25(18)28)27-23-13-7-5-11-21(23)26(19-9-3-2-4-10-19)22-12-6-8-14-24(22)27/h2-17H,1H3. The molecule has 0 amide bonds. The molecular formula is C27H19Br. The van der Waals surface area contributed by atoms with Gasteiger partial charge >= 0.3 is 0 Å². The SMILES string of the molecule is Cc1ccc(-c2c3ccccc3c(-c3ccccc3)c3ccccc23)cc1Br. The molecule has 134 valence electrons. The molecule has 0 atom stereocenters. The Morgan fingerprint density at radius 3 is 1.46 bits per heavy atom. The second kappa shape index (κ2) is 6.92. The average Bonchev–Trinajstić information content (AvgIpc) is 2.74. The fourth-order valence-corrected chi connectivity index (χ4v) is 4.48. The van der Waals surface area contributed by atoms with Crippen LogP contribution in [0.2, 0.25) is 0 Å². The van der Waals surface area contributed by atoms with Crippen molar-refractivity contribution in [2.24, 2.45) is 0 Å². The highest BCUT2D eigenvalue weighted by molar-refractivity contribution is 9.10. The van der Waals surface area contributed by atoms with Crippen molar-refractivity contribution in [1.82, 2.24) is 0 Å². The van der Waals surface area contributed by atoms with Crippen LogP contribution in [0.15, 0.2) is 102 Å². The molecule has 0 N–H and O–H groups in total. The molecule has 0 unspecified atom stereocenters. The Morgan fingerprint density at radius 2 is 0.964 bits per heavy atom. The smallest absolute Gasteiger partial charge is 0.0210 e. The van der Waals surface area contributed by atoms with Crippen molar-refractivity contribution in [2.75, 3.05) is 0 Å². The van der Waals surface area contributed by atoms with Crippen LogP contribution in [0.25, 0.3) is 43.8 Å². The van der Waals surface area contributed by atoms with Gasteiger partial charge in [-0.2, -0.15) is 0 Å². The number of benzene rings is 5. The van der Waals surface area contributed by atoms with E-state index < -0.39 is 0 Å². The van der Waals surface area contributed by atoms with Crippen molar-refractivity contribution < 1.29 is 0 Å². The second-order valence-electron chi connectivity index (χ2n) is 7.17. The lowest BCUT2D eigenvalue weighted by atomic mass is 9.86. The quantitative estimate of drug-likeness (QED) is 0.250. The van der Waals surface area contributed by atoms with Gasteiger partial charge in [-0.05, 0) is 62.4 Å². The molecule has 1 heteroatoms. The van der Waals surface area contributed by atoms with Crippen molar-refractivity contribution in [3.63, 3.8) is 0 Å². The molecular weight excluding hydrogens is 404 g/mol. The Kier molecular flexibility index (Phi) is 4.26. The van der Waals surface area contributed by atoms with Crippen LogP contribution in [0.1, 0.15) is 5.56 Å². The highest BCUT2D eigenvalue weighted by atomic mass is 79.9. The lowest BCUT2D eigenvalue weighted by molar-refractivity contribution is 1.43. The van der Waals surface area contributed by atoms with E-state index in [0.29, 0.717) is 0 Å². The van der Waals surface area contributed by atoms with Gasteiger partial charge in [-0.15, -0.1) is 0 Å². The van der Waals surface area contributed by atoms with Gasteiger partial charge in [-0.3, -0.25) is 0 Å². The Balaban J connectivity index is 1.99. The van der Waals surface area contributed by atoms with Gasteiger partial charge in [0.15, 0.2) is 0 Å². The van der Waals surface area contributed by atoms with Crippen LogP contribution < -0.4 is 0 Å². The van der Waals surface area contributed by atoms with Crippen LogP contribution in [0, 0.1) is 6.92 Å². The maximum absolute atomic E-state index is 3.72. The second-order valence-corrected chi connectivity index (χ2v) is 8.03. The topological polar surface area (TPSA) is 0 Å². The van der Waals surface area contributed by atoms with Gasteiger partial charge in [0.2, 0.25) is 0 Å². The van der Waals surface area contributed by atoms with Gasteiger partial charge in [0.25, 0.3) is 0 Å². The normalized spacial score (nSPS) is 11.2. The van der Waals surface area contributed by atoms with Gasteiger partial charge in [0, 0.05) is 4.47 Å². The zero-order chi connectivity index (χ0) is 19.1. The fourth-order valence-electron chi connectivity index (χ4n) is 4.10. The summed E-state index contributed by atoms with van der Waals surface area (Å²) in [5, 5.41) is 5.16. The van der Waals surface area contributed by atoms with Gasteiger partial charge in [-0.1, -0.05) is 107 Å². The van der Waals surface area contributed by atoms with Gasteiger partial charge in [0.05, 0.1) is 0 Å². The molecule has 0 aliphatic heterocycles. The zero-order valence-corrected chi connectivity index (χ0v) is 17.2. The molecule has 0 fully saturated rings. The first-order chi connectivity index (χ1) is 13.7. The number of halogens is 1. The maximum Gasteiger partial charge on any atom is 0.0210 e. The third-order valence-corrected chi connectivity index (χ3v) is 6.31. The minimum absolute atomic E-state index is 1.14. The summed E-state index contributed by atoms with van der Waals surface area (Å²) in [5.41, 5.74) is 6.35. The lowest BCUT2D eigenvalue weighted by Crippen LogP contribution is -1.91. The van der Waals surface area contributed by atoms with E-state index in [9.17, 15) is 0 Å². The summed E-state index contributed by atoms with van der Waals surface area (Å²) in [5.74, 6) is 0. The summed E-state index contributed by atoms with van der Waals surface area (Å²) in [6.07, 6.45) is 0. The first-order valence-corrected chi connectivity index (χ1v) is 10.3. The summed E-state index contributed by atoms with van der Waals surface area (Å²) in [4.78, 5) is 0. The monoisotopic (exact) mass is 422 g/mol. The third-order valence-electron chi connectivity index (χ3n) is 5.45. The van der Waals surface area contributed by atoms with E-state index in [2.05, 4.69) is 120 Å². The predicted octanol–water partition coefficient (Wildman–Crippen LogP) is 8.40. The van der Waals surface area contributed by atoms with Crippen LogP contribution in [0.3, 0.4) is 0 Å². The number of aryl methyl sites for hydroxylation is 1. The summed E-state index contributed by atoms with van der Waals surface area (Å²) in [6.45, 7) is 2.13. The van der Waals surface area contributed by atoms with E-state index in [-0.39, 0.29) is 0 Å². The van der Waals surface area contributed by atoms with Gasteiger partial charge in [0.1, 0.15) is 0 Å². The lowest BCUT2D eigenvalue weighted by Gasteiger charge is -2.18. The third kappa shape index (κ3) is 2.75. The van der Waals surface area contributed by atoms with Crippen molar-refractivity contribution in [1.29, 1.82) is 0 Å². The molecule has 0 bridgehead atoms. The Labute approximate surface area is 173 Å². The van der Waals surface area contributed by atoms with Crippen LogP contribution in [0.4, 0.5) is 0 Å². The molecule has 0 saturated carbocycles. The van der Waals surface area contributed by atoms with Crippen molar-refractivity contribution in [2.45, 2.75) is 6.92 Å². The summed E-state index contributed by atoms with van der Waals surface area (Å²) in [7, 11) is 0. The van der Waals surface area contributed by atoms with E-state index >= 15 is 0 Å². The minimum atomic E-state index is 1.14. The molecule has 0 aliphatic rings. The molecule has 5 aromatic carbocycles. The molecule has 0 aromatic heterocycles.